The quantitative estimate of drug-likeness (QED) is 0.852. The summed E-state index contributed by atoms with van der Waals surface area (Å²) >= 11 is 0. The summed E-state index contributed by atoms with van der Waals surface area (Å²) < 4.78 is 1.78. The van der Waals surface area contributed by atoms with Gasteiger partial charge in [-0.3, -0.25) is 14.4 Å². The molecule has 118 valence electrons. The second kappa shape index (κ2) is 6.15. The van der Waals surface area contributed by atoms with Gasteiger partial charge in [0.25, 0.3) is 0 Å². The molecule has 2 rings (SSSR count). The SMILES string of the molecule is CCC[C@]1(C(=O)O)CCN(Cc2cn(C)nc2C)C[C@@H]1O. The highest BCUT2D eigenvalue weighted by atomic mass is 16.4. The number of aryl methyl sites for hydroxylation is 2. The van der Waals surface area contributed by atoms with Crippen molar-refractivity contribution in [2.24, 2.45) is 12.5 Å². The van der Waals surface area contributed by atoms with Crippen molar-refractivity contribution in [2.45, 2.75) is 45.8 Å². The molecule has 2 heterocycles. The zero-order valence-electron chi connectivity index (χ0n) is 13.0. The molecule has 0 unspecified atom stereocenters. The van der Waals surface area contributed by atoms with Gasteiger partial charge in [-0.15, -0.1) is 0 Å². The Morgan fingerprint density at radius 3 is 2.76 bits per heavy atom. The van der Waals surface area contributed by atoms with Gasteiger partial charge in [0.1, 0.15) is 0 Å². The number of carboxylic acid groups (broad SMARTS) is 1. The summed E-state index contributed by atoms with van der Waals surface area (Å²) in [4.78, 5) is 13.7. The molecule has 1 aromatic rings. The number of carbonyl (C=O) groups is 1. The fourth-order valence-corrected chi connectivity index (χ4v) is 3.32. The van der Waals surface area contributed by atoms with Crippen LogP contribution in [-0.4, -0.2) is 50.1 Å². The average molecular weight is 295 g/mol. The summed E-state index contributed by atoms with van der Waals surface area (Å²) in [5, 5.41) is 24.2. The van der Waals surface area contributed by atoms with Crippen molar-refractivity contribution in [1.29, 1.82) is 0 Å². The number of aliphatic carboxylic acids is 1. The molecule has 21 heavy (non-hydrogen) atoms. The average Bonchev–Trinajstić information content (AvgIpc) is 2.71. The number of hydrogen-bond acceptors (Lipinski definition) is 4. The second-order valence-corrected chi connectivity index (χ2v) is 6.13. The van der Waals surface area contributed by atoms with Gasteiger partial charge in [0, 0.05) is 31.9 Å². The van der Waals surface area contributed by atoms with E-state index in [0.29, 0.717) is 32.5 Å². The number of hydrogen-bond donors (Lipinski definition) is 2. The molecule has 0 amide bonds. The molecule has 1 saturated heterocycles. The maximum Gasteiger partial charge on any atom is 0.312 e. The zero-order chi connectivity index (χ0) is 15.6. The molecule has 2 atom stereocenters. The van der Waals surface area contributed by atoms with Crippen LogP contribution in [0.4, 0.5) is 0 Å². The van der Waals surface area contributed by atoms with Gasteiger partial charge in [0.2, 0.25) is 0 Å². The zero-order valence-corrected chi connectivity index (χ0v) is 13.0. The number of aliphatic hydroxyl groups is 1. The van der Waals surface area contributed by atoms with E-state index in [0.717, 1.165) is 17.7 Å². The highest BCUT2D eigenvalue weighted by Gasteiger charge is 2.47. The maximum absolute atomic E-state index is 11.6. The van der Waals surface area contributed by atoms with Gasteiger partial charge in [-0.2, -0.15) is 5.10 Å². The molecular formula is C15H25N3O3. The Labute approximate surface area is 125 Å². The number of β-amino-alcohol motifs (C(OH)–C–C–N with tert-alkyl or cyclic N) is 1. The van der Waals surface area contributed by atoms with Crippen molar-refractivity contribution in [1.82, 2.24) is 14.7 Å². The van der Waals surface area contributed by atoms with E-state index in [9.17, 15) is 15.0 Å². The smallest absolute Gasteiger partial charge is 0.312 e. The van der Waals surface area contributed by atoms with E-state index >= 15 is 0 Å². The third-order valence-corrected chi connectivity index (χ3v) is 4.57. The molecule has 1 aromatic heterocycles. The minimum atomic E-state index is -0.977. The topological polar surface area (TPSA) is 78.6 Å². The number of aliphatic hydroxyl groups excluding tert-OH is 1. The lowest BCUT2D eigenvalue weighted by molar-refractivity contribution is -0.164. The van der Waals surface area contributed by atoms with Gasteiger partial charge < -0.3 is 10.2 Å². The van der Waals surface area contributed by atoms with Gasteiger partial charge in [0.15, 0.2) is 0 Å². The second-order valence-electron chi connectivity index (χ2n) is 6.13. The van der Waals surface area contributed by atoms with E-state index < -0.39 is 17.5 Å². The van der Waals surface area contributed by atoms with Crippen LogP contribution in [0.25, 0.3) is 0 Å². The van der Waals surface area contributed by atoms with Crippen molar-refractivity contribution in [3.05, 3.63) is 17.5 Å². The molecule has 0 aromatic carbocycles. The maximum atomic E-state index is 11.6. The third-order valence-electron chi connectivity index (χ3n) is 4.57. The van der Waals surface area contributed by atoms with E-state index in [1.165, 1.54) is 0 Å². The van der Waals surface area contributed by atoms with E-state index in [1.807, 2.05) is 27.1 Å². The first-order valence-corrected chi connectivity index (χ1v) is 7.52. The number of likely N-dealkylation sites (tertiary alicyclic amines) is 1. The van der Waals surface area contributed by atoms with E-state index in [2.05, 4.69) is 10.00 Å². The Morgan fingerprint density at radius 2 is 2.29 bits per heavy atom. The molecule has 0 spiro atoms. The summed E-state index contributed by atoms with van der Waals surface area (Å²) in [5.41, 5.74) is 1.13. The minimum Gasteiger partial charge on any atom is -0.481 e. The number of piperidine rings is 1. The number of carboxylic acids is 1. The van der Waals surface area contributed by atoms with Gasteiger partial charge in [0.05, 0.1) is 17.2 Å². The fraction of sp³-hybridized carbons (Fsp3) is 0.733. The standard InChI is InChI=1S/C15H25N3O3/c1-4-5-15(14(20)21)6-7-18(10-13(15)19)9-12-8-17(3)16-11(12)2/h8,13,19H,4-7,9-10H2,1-3H3,(H,20,21)/t13-,15-/m0/s1. The van der Waals surface area contributed by atoms with Crippen LogP contribution < -0.4 is 0 Å². The van der Waals surface area contributed by atoms with Crippen LogP contribution in [0.3, 0.4) is 0 Å². The van der Waals surface area contributed by atoms with Crippen molar-refractivity contribution in [2.75, 3.05) is 13.1 Å². The Kier molecular flexibility index (Phi) is 4.68. The van der Waals surface area contributed by atoms with Crippen molar-refractivity contribution in [3.63, 3.8) is 0 Å². The van der Waals surface area contributed by atoms with Gasteiger partial charge >= 0.3 is 5.97 Å². The summed E-state index contributed by atoms with van der Waals surface area (Å²) in [7, 11) is 1.89. The highest BCUT2D eigenvalue weighted by Crippen LogP contribution is 2.37. The molecule has 6 nitrogen and oxygen atoms in total. The fourth-order valence-electron chi connectivity index (χ4n) is 3.32. The van der Waals surface area contributed by atoms with Crippen LogP contribution in [0, 0.1) is 12.3 Å². The van der Waals surface area contributed by atoms with Crippen molar-refractivity contribution >= 4 is 5.97 Å². The van der Waals surface area contributed by atoms with Crippen molar-refractivity contribution in [3.8, 4) is 0 Å². The monoisotopic (exact) mass is 295 g/mol. The first-order valence-electron chi connectivity index (χ1n) is 7.52. The normalized spacial score (nSPS) is 27.0. The van der Waals surface area contributed by atoms with E-state index in [1.54, 1.807) is 4.68 Å². The van der Waals surface area contributed by atoms with Crippen LogP contribution in [-0.2, 0) is 18.4 Å². The van der Waals surface area contributed by atoms with Crippen LogP contribution in [0.1, 0.15) is 37.4 Å². The number of nitrogens with zero attached hydrogens (tertiary/aromatic N) is 3. The Morgan fingerprint density at radius 1 is 1.57 bits per heavy atom. The summed E-state index contributed by atoms with van der Waals surface area (Å²) in [6.07, 6.45) is 2.96. The molecule has 0 bridgehead atoms. The van der Waals surface area contributed by atoms with Gasteiger partial charge in [-0.1, -0.05) is 13.3 Å². The van der Waals surface area contributed by atoms with Gasteiger partial charge in [-0.25, -0.2) is 0 Å². The van der Waals surface area contributed by atoms with E-state index in [-0.39, 0.29) is 0 Å². The first-order chi connectivity index (χ1) is 9.89. The first kappa shape index (κ1) is 16.0. The largest absolute Gasteiger partial charge is 0.481 e. The summed E-state index contributed by atoms with van der Waals surface area (Å²) in [6.45, 7) is 5.73. The Balaban J connectivity index is 2.06. The number of aromatic nitrogens is 2. The molecule has 1 aliphatic rings. The lowest BCUT2D eigenvalue weighted by Crippen LogP contribution is -2.54. The van der Waals surface area contributed by atoms with Crippen LogP contribution in [0.15, 0.2) is 6.20 Å². The van der Waals surface area contributed by atoms with Crippen LogP contribution in [0.5, 0.6) is 0 Å². The van der Waals surface area contributed by atoms with Crippen LogP contribution >= 0.6 is 0 Å². The van der Waals surface area contributed by atoms with Crippen LogP contribution in [0.2, 0.25) is 0 Å². The van der Waals surface area contributed by atoms with Crippen molar-refractivity contribution < 1.29 is 15.0 Å². The number of rotatable bonds is 5. The lowest BCUT2D eigenvalue weighted by Gasteiger charge is -2.42. The van der Waals surface area contributed by atoms with Gasteiger partial charge in [-0.05, 0) is 26.3 Å². The third kappa shape index (κ3) is 3.11. The Bertz CT molecular complexity index is 514. The molecule has 1 fully saturated rings. The highest BCUT2D eigenvalue weighted by molar-refractivity contribution is 5.75. The molecule has 1 aliphatic heterocycles. The molecule has 0 aliphatic carbocycles. The predicted molar refractivity (Wildman–Crippen MR) is 78.8 cm³/mol. The molecule has 0 saturated carbocycles. The lowest BCUT2D eigenvalue weighted by atomic mass is 9.73. The molecule has 2 N–H and O–H groups in total. The molecular weight excluding hydrogens is 270 g/mol. The van der Waals surface area contributed by atoms with E-state index in [4.69, 9.17) is 0 Å². The minimum absolute atomic E-state index is 0.403. The molecule has 6 heteroatoms. The summed E-state index contributed by atoms with van der Waals surface area (Å²) in [5.74, 6) is -0.867. The predicted octanol–water partition coefficient (Wildman–Crippen LogP) is 1.17. The summed E-state index contributed by atoms with van der Waals surface area (Å²) in [6, 6.07) is 0. The molecule has 0 radical (unpaired) electrons. The Hall–Kier alpha value is -1.40.